The number of alkyl carbamates (subject to hydrolysis) is 1. The lowest BCUT2D eigenvalue weighted by atomic mass is 10.1. The molecule has 170 valence electrons. The SMILES string of the molecule is CCNC(=NCCNC(=O)OC(C)(C)C)NC1CCN(S(=O)(=O)C(F)(F)F)CC1. The Labute approximate surface area is 169 Å². The first-order valence-corrected chi connectivity index (χ1v) is 10.8. The van der Waals surface area contributed by atoms with Crippen LogP contribution in [0.25, 0.3) is 0 Å². The van der Waals surface area contributed by atoms with Gasteiger partial charge in [0.1, 0.15) is 5.60 Å². The van der Waals surface area contributed by atoms with Crippen molar-refractivity contribution in [3.63, 3.8) is 0 Å². The van der Waals surface area contributed by atoms with Crippen molar-refractivity contribution < 1.29 is 31.1 Å². The highest BCUT2D eigenvalue weighted by molar-refractivity contribution is 7.90. The first-order chi connectivity index (χ1) is 13.3. The monoisotopic (exact) mass is 445 g/mol. The number of nitrogens with one attached hydrogen (secondary N) is 3. The number of nitrogens with zero attached hydrogens (tertiary/aromatic N) is 2. The van der Waals surface area contributed by atoms with Crippen LogP contribution in [-0.4, -0.2) is 74.7 Å². The lowest BCUT2D eigenvalue weighted by molar-refractivity contribution is -0.0494. The zero-order valence-corrected chi connectivity index (χ0v) is 17.9. The van der Waals surface area contributed by atoms with Crippen molar-refractivity contribution in [2.45, 2.75) is 57.7 Å². The summed E-state index contributed by atoms with van der Waals surface area (Å²) >= 11 is 0. The van der Waals surface area contributed by atoms with Crippen LogP contribution >= 0.6 is 0 Å². The molecule has 0 aliphatic carbocycles. The number of carbonyl (C=O) groups excluding carboxylic acids is 1. The second-order valence-electron chi connectivity index (χ2n) is 7.46. The van der Waals surface area contributed by atoms with Gasteiger partial charge >= 0.3 is 21.6 Å². The number of carbonyl (C=O) groups is 1. The molecule has 0 aromatic heterocycles. The Balaban J connectivity index is 2.50. The van der Waals surface area contributed by atoms with Crippen molar-refractivity contribution in [1.29, 1.82) is 0 Å². The summed E-state index contributed by atoms with van der Waals surface area (Å²) in [6.45, 7) is 7.73. The molecule has 1 rings (SSSR count). The topological polar surface area (TPSA) is 112 Å². The minimum absolute atomic E-state index is 0.216. The van der Waals surface area contributed by atoms with Crippen molar-refractivity contribution in [3.05, 3.63) is 0 Å². The van der Waals surface area contributed by atoms with Crippen LogP contribution in [0.15, 0.2) is 4.99 Å². The van der Waals surface area contributed by atoms with Gasteiger partial charge in [-0.05, 0) is 40.5 Å². The molecule has 0 bridgehead atoms. The lowest BCUT2D eigenvalue weighted by Crippen LogP contribution is -2.51. The van der Waals surface area contributed by atoms with Gasteiger partial charge in [0, 0.05) is 32.2 Å². The fourth-order valence-corrected chi connectivity index (χ4v) is 3.52. The highest BCUT2D eigenvalue weighted by Crippen LogP contribution is 2.28. The molecule has 1 aliphatic rings. The van der Waals surface area contributed by atoms with E-state index < -0.39 is 27.2 Å². The van der Waals surface area contributed by atoms with E-state index in [9.17, 15) is 26.4 Å². The van der Waals surface area contributed by atoms with Crippen molar-refractivity contribution in [3.8, 4) is 0 Å². The summed E-state index contributed by atoms with van der Waals surface area (Å²) in [5, 5.41) is 8.66. The average Bonchev–Trinajstić information content (AvgIpc) is 2.56. The summed E-state index contributed by atoms with van der Waals surface area (Å²) in [5.74, 6) is 0.440. The van der Waals surface area contributed by atoms with Crippen LogP contribution in [0.3, 0.4) is 0 Å². The van der Waals surface area contributed by atoms with Crippen LogP contribution in [0.2, 0.25) is 0 Å². The van der Waals surface area contributed by atoms with Crippen molar-refractivity contribution >= 4 is 22.1 Å². The number of hydrogen-bond donors (Lipinski definition) is 3. The smallest absolute Gasteiger partial charge is 0.444 e. The fraction of sp³-hybridized carbons (Fsp3) is 0.875. The first kappa shape index (κ1) is 25.3. The number of hydrogen-bond acceptors (Lipinski definition) is 5. The molecule has 0 saturated carbocycles. The summed E-state index contributed by atoms with van der Waals surface area (Å²) < 4.78 is 66.4. The number of amides is 1. The molecule has 1 amide bonds. The highest BCUT2D eigenvalue weighted by Gasteiger charge is 2.50. The zero-order chi connectivity index (χ0) is 22.3. The zero-order valence-electron chi connectivity index (χ0n) is 17.1. The first-order valence-electron chi connectivity index (χ1n) is 9.34. The normalized spacial score (nSPS) is 17.7. The Morgan fingerprint density at radius 2 is 1.76 bits per heavy atom. The molecule has 0 unspecified atom stereocenters. The maximum Gasteiger partial charge on any atom is 0.511 e. The van der Waals surface area contributed by atoms with Gasteiger partial charge in [0.05, 0.1) is 6.54 Å². The summed E-state index contributed by atoms with van der Waals surface area (Å²) in [5.41, 5.74) is -5.89. The summed E-state index contributed by atoms with van der Waals surface area (Å²) in [7, 11) is -5.29. The second-order valence-corrected chi connectivity index (χ2v) is 9.39. The predicted molar refractivity (Wildman–Crippen MR) is 103 cm³/mol. The summed E-state index contributed by atoms with van der Waals surface area (Å²) in [4.78, 5) is 15.9. The molecule has 1 aliphatic heterocycles. The van der Waals surface area contributed by atoms with E-state index in [2.05, 4.69) is 20.9 Å². The third kappa shape index (κ3) is 8.64. The molecule has 0 aromatic carbocycles. The van der Waals surface area contributed by atoms with E-state index in [-0.39, 0.29) is 45.1 Å². The van der Waals surface area contributed by atoms with Crippen LogP contribution in [0.5, 0.6) is 0 Å². The van der Waals surface area contributed by atoms with E-state index in [0.717, 1.165) is 0 Å². The number of guanidine groups is 1. The molecule has 0 radical (unpaired) electrons. The fourth-order valence-electron chi connectivity index (χ4n) is 2.54. The molecule has 3 N–H and O–H groups in total. The summed E-state index contributed by atoms with van der Waals surface area (Å²) in [6.07, 6.45) is -0.116. The third-order valence-corrected chi connectivity index (χ3v) is 5.45. The number of ether oxygens (including phenoxy) is 1. The van der Waals surface area contributed by atoms with Crippen molar-refractivity contribution in [1.82, 2.24) is 20.3 Å². The van der Waals surface area contributed by atoms with Gasteiger partial charge in [-0.1, -0.05) is 0 Å². The molecular formula is C16H30F3N5O4S. The van der Waals surface area contributed by atoms with Crippen LogP contribution in [0.4, 0.5) is 18.0 Å². The van der Waals surface area contributed by atoms with Gasteiger partial charge in [-0.15, -0.1) is 0 Å². The second kappa shape index (κ2) is 10.3. The maximum atomic E-state index is 12.6. The van der Waals surface area contributed by atoms with Crippen molar-refractivity contribution in [2.75, 3.05) is 32.7 Å². The van der Waals surface area contributed by atoms with Gasteiger partial charge in [-0.25, -0.2) is 13.2 Å². The predicted octanol–water partition coefficient (Wildman–Crippen LogP) is 1.38. The van der Waals surface area contributed by atoms with Gasteiger partial charge in [-0.3, -0.25) is 4.99 Å². The number of sulfonamides is 1. The van der Waals surface area contributed by atoms with Gasteiger partial charge < -0.3 is 20.7 Å². The molecule has 29 heavy (non-hydrogen) atoms. The molecule has 1 saturated heterocycles. The van der Waals surface area contributed by atoms with E-state index in [1.165, 1.54) is 0 Å². The third-order valence-electron chi connectivity index (χ3n) is 3.82. The molecule has 1 heterocycles. The van der Waals surface area contributed by atoms with Crippen LogP contribution < -0.4 is 16.0 Å². The largest absolute Gasteiger partial charge is 0.511 e. The standard InChI is InChI=1S/C16H30F3N5O4S/c1-5-20-13(21-8-9-22-14(25)28-15(2,3)4)23-12-6-10-24(11-7-12)29(26,27)16(17,18)19/h12H,5-11H2,1-4H3,(H,22,25)(H2,20,21,23). The number of halogens is 3. The number of aliphatic imine (C=N–C) groups is 1. The number of alkyl halides is 3. The Kier molecular flexibility index (Phi) is 9.00. The Bertz CT molecular complexity index is 669. The molecule has 1 fully saturated rings. The van der Waals surface area contributed by atoms with Crippen LogP contribution in [0, 0.1) is 0 Å². The number of rotatable bonds is 6. The molecule has 0 aromatic rings. The van der Waals surface area contributed by atoms with E-state index in [4.69, 9.17) is 4.74 Å². The molecule has 0 atom stereocenters. The van der Waals surface area contributed by atoms with E-state index in [1.807, 2.05) is 6.92 Å². The molecule has 0 spiro atoms. The Morgan fingerprint density at radius 1 is 1.17 bits per heavy atom. The average molecular weight is 446 g/mol. The Morgan fingerprint density at radius 3 is 2.24 bits per heavy atom. The van der Waals surface area contributed by atoms with Gasteiger partial charge in [0.15, 0.2) is 5.96 Å². The molecular weight excluding hydrogens is 415 g/mol. The van der Waals surface area contributed by atoms with E-state index >= 15 is 0 Å². The summed E-state index contributed by atoms with van der Waals surface area (Å²) in [6, 6.07) is -0.216. The number of piperidine rings is 1. The van der Waals surface area contributed by atoms with Gasteiger partial charge in [0.2, 0.25) is 0 Å². The highest BCUT2D eigenvalue weighted by atomic mass is 32.2. The maximum absolute atomic E-state index is 12.6. The minimum atomic E-state index is -5.29. The molecule has 13 heteroatoms. The van der Waals surface area contributed by atoms with Crippen LogP contribution in [-0.2, 0) is 14.8 Å². The van der Waals surface area contributed by atoms with Crippen molar-refractivity contribution in [2.24, 2.45) is 4.99 Å². The lowest BCUT2D eigenvalue weighted by Gasteiger charge is -2.32. The Hall–Kier alpha value is -1.76. The molecule has 9 nitrogen and oxygen atoms in total. The van der Waals surface area contributed by atoms with E-state index in [0.29, 0.717) is 16.8 Å². The van der Waals surface area contributed by atoms with Gasteiger partial charge in [-0.2, -0.15) is 17.5 Å². The van der Waals surface area contributed by atoms with E-state index in [1.54, 1.807) is 20.8 Å². The van der Waals surface area contributed by atoms with Gasteiger partial charge in [0.25, 0.3) is 0 Å². The van der Waals surface area contributed by atoms with Crippen LogP contribution in [0.1, 0.15) is 40.5 Å². The quantitative estimate of drug-likeness (QED) is 0.324. The minimum Gasteiger partial charge on any atom is -0.444 e.